The molecule has 0 radical (unpaired) electrons. The first-order chi connectivity index (χ1) is 11.7. The van der Waals surface area contributed by atoms with Crippen molar-refractivity contribution in [2.24, 2.45) is 0 Å². The molecule has 0 unspecified atom stereocenters. The molecular weight excluding hydrogens is 304 g/mol. The van der Waals surface area contributed by atoms with Crippen LogP contribution in [0.2, 0.25) is 0 Å². The van der Waals surface area contributed by atoms with Gasteiger partial charge in [-0.05, 0) is 17.7 Å². The van der Waals surface area contributed by atoms with Crippen molar-refractivity contribution in [3.8, 4) is 5.75 Å². The van der Waals surface area contributed by atoms with Crippen LogP contribution in [0.3, 0.4) is 0 Å². The number of ether oxygens (including phenoxy) is 1. The predicted octanol–water partition coefficient (Wildman–Crippen LogP) is 4.72. The Morgan fingerprint density at radius 3 is 2.62 bits per heavy atom. The first-order valence-electron chi connectivity index (χ1n) is 7.84. The standard InChI is InChI=1S/C20H16O4/c1-13(14-5-3-2-4-6-14)12-23-20-15-7-8-19(21)24-18(15)11-17-16(20)9-10-22-17/h2-11,13H,12H2,1H3/t13-/m0/s1. The summed E-state index contributed by atoms with van der Waals surface area (Å²) in [5.41, 5.74) is 1.93. The van der Waals surface area contributed by atoms with E-state index < -0.39 is 5.63 Å². The zero-order valence-electron chi connectivity index (χ0n) is 13.2. The molecule has 0 N–H and O–H groups in total. The monoisotopic (exact) mass is 320 g/mol. The summed E-state index contributed by atoms with van der Waals surface area (Å²) in [6.45, 7) is 2.63. The van der Waals surface area contributed by atoms with Gasteiger partial charge in [-0.1, -0.05) is 37.3 Å². The lowest BCUT2D eigenvalue weighted by Gasteiger charge is -2.15. The largest absolute Gasteiger partial charge is 0.491 e. The second-order valence-corrected chi connectivity index (χ2v) is 5.83. The maximum Gasteiger partial charge on any atom is 0.336 e. The van der Waals surface area contributed by atoms with Crippen molar-refractivity contribution in [3.63, 3.8) is 0 Å². The summed E-state index contributed by atoms with van der Waals surface area (Å²) in [6, 6.07) is 16.9. The number of rotatable bonds is 4. The van der Waals surface area contributed by atoms with E-state index in [0.29, 0.717) is 23.5 Å². The molecule has 4 heteroatoms. The number of hydrogen-bond donors (Lipinski definition) is 0. The molecule has 4 nitrogen and oxygen atoms in total. The van der Waals surface area contributed by atoms with E-state index >= 15 is 0 Å². The highest BCUT2D eigenvalue weighted by Crippen LogP contribution is 2.35. The molecule has 0 fully saturated rings. The molecule has 4 rings (SSSR count). The third-order valence-corrected chi connectivity index (χ3v) is 4.15. The van der Waals surface area contributed by atoms with Crippen LogP contribution in [0.15, 0.2) is 74.5 Å². The lowest BCUT2D eigenvalue weighted by Crippen LogP contribution is -2.07. The van der Waals surface area contributed by atoms with Crippen LogP contribution in [0, 0.1) is 0 Å². The van der Waals surface area contributed by atoms with Gasteiger partial charge in [0.05, 0.1) is 23.6 Å². The lowest BCUT2D eigenvalue weighted by molar-refractivity contribution is 0.302. The Balaban J connectivity index is 1.74. The lowest BCUT2D eigenvalue weighted by atomic mass is 10.0. The minimum atomic E-state index is -0.392. The summed E-state index contributed by atoms with van der Waals surface area (Å²) in [4.78, 5) is 11.5. The Hall–Kier alpha value is -3.01. The molecule has 24 heavy (non-hydrogen) atoms. The fourth-order valence-electron chi connectivity index (χ4n) is 2.85. The maximum atomic E-state index is 11.5. The molecule has 0 aliphatic heterocycles. The maximum absolute atomic E-state index is 11.5. The van der Waals surface area contributed by atoms with Gasteiger partial charge >= 0.3 is 5.63 Å². The summed E-state index contributed by atoms with van der Waals surface area (Å²) in [7, 11) is 0. The van der Waals surface area contributed by atoms with Gasteiger partial charge in [-0.15, -0.1) is 0 Å². The topological polar surface area (TPSA) is 52.6 Å². The Morgan fingerprint density at radius 2 is 1.79 bits per heavy atom. The van der Waals surface area contributed by atoms with Crippen molar-refractivity contribution < 1.29 is 13.6 Å². The van der Waals surface area contributed by atoms with Gasteiger partial charge < -0.3 is 13.6 Å². The van der Waals surface area contributed by atoms with E-state index in [-0.39, 0.29) is 5.92 Å². The van der Waals surface area contributed by atoms with E-state index in [4.69, 9.17) is 13.6 Å². The van der Waals surface area contributed by atoms with Crippen LogP contribution >= 0.6 is 0 Å². The van der Waals surface area contributed by atoms with Gasteiger partial charge in [-0.3, -0.25) is 0 Å². The minimum Gasteiger partial charge on any atom is -0.491 e. The Kier molecular flexibility index (Phi) is 3.58. The first kappa shape index (κ1) is 14.6. The van der Waals surface area contributed by atoms with Crippen LogP contribution in [0.4, 0.5) is 0 Å². The fraction of sp³-hybridized carbons (Fsp3) is 0.150. The summed E-state index contributed by atoms with van der Waals surface area (Å²) in [6.07, 6.45) is 1.61. The molecule has 0 amide bonds. The molecule has 120 valence electrons. The van der Waals surface area contributed by atoms with Crippen molar-refractivity contribution in [1.29, 1.82) is 0 Å². The molecule has 0 saturated carbocycles. The van der Waals surface area contributed by atoms with Gasteiger partial charge in [-0.2, -0.15) is 0 Å². The van der Waals surface area contributed by atoms with E-state index in [0.717, 1.165) is 10.8 Å². The van der Waals surface area contributed by atoms with Gasteiger partial charge in [0, 0.05) is 18.1 Å². The van der Waals surface area contributed by atoms with Crippen molar-refractivity contribution in [1.82, 2.24) is 0 Å². The summed E-state index contributed by atoms with van der Waals surface area (Å²) in [5, 5.41) is 1.64. The molecule has 0 aliphatic carbocycles. The minimum absolute atomic E-state index is 0.235. The van der Waals surface area contributed by atoms with E-state index in [9.17, 15) is 4.79 Å². The number of furan rings is 1. The third kappa shape index (κ3) is 2.56. The van der Waals surface area contributed by atoms with Crippen LogP contribution < -0.4 is 10.4 Å². The van der Waals surface area contributed by atoms with Crippen molar-refractivity contribution in [2.75, 3.05) is 6.61 Å². The van der Waals surface area contributed by atoms with E-state index in [2.05, 4.69) is 19.1 Å². The molecule has 2 aromatic heterocycles. The van der Waals surface area contributed by atoms with Crippen LogP contribution in [0.5, 0.6) is 5.75 Å². The predicted molar refractivity (Wildman–Crippen MR) is 92.6 cm³/mol. The fourth-order valence-corrected chi connectivity index (χ4v) is 2.85. The molecule has 0 saturated heterocycles. The summed E-state index contributed by atoms with van der Waals surface area (Å²) < 4.78 is 16.9. The smallest absolute Gasteiger partial charge is 0.336 e. The zero-order chi connectivity index (χ0) is 16.5. The van der Waals surface area contributed by atoms with Crippen LogP contribution in [-0.2, 0) is 0 Å². The zero-order valence-corrected chi connectivity index (χ0v) is 13.2. The molecule has 4 aromatic rings. The summed E-state index contributed by atoms with van der Waals surface area (Å²) in [5.74, 6) is 0.918. The molecule has 2 heterocycles. The van der Waals surface area contributed by atoms with E-state index in [1.807, 2.05) is 24.3 Å². The third-order valence-electron chi connectivity index (χ3n) is 4.15. The van der Waals surface area contributed by atoms with E-state index in [1.165, 1.54) is 11.6 Å². The Bertz CT molecular complexity index is 1040. The molecule has 2 aromatic carbocycles. The SMILES string of the molecule is C[C@@H](COc1c2ccoc2cc2oc(=O)ccc12)c1ccccc1. The average Bonchev–Trinajstić information content (AvgIpc) is 3.07. The first-order valence-corrected chi connectivity index (χ1v) is 7.84. The van der Waals surface area contributed by atoms with Gasteiger partial charge in [0.15, 0.2) is 0 Å². The Labute approximate surface area is 138 Å². The normalized spacial score (nSPS) is 12.5. The van der Waals surface area contributed by atoms with Gasteiger partial charge in [0.1, 0.15) is 16.9 Å². The molecular formula is C20H16O4. The second-order valence-electron chi connectivity index (χ2n) is 5.83. The van der Waals surface area contributed by atoms with Gasteiger partial charge in [-0.25, -0.2) is 4.79 Å². The van der Waals surface area contributed by atoms with Crippen molar-refractivity contribution in [3.05, 3.63) is 76.8 Å². The highest BCUT2D eigenvalue weighted by Gasteiger charge is 2.15. The Morgan fingerprint density at radius 1 is 1.00 bits per heavy atom. The van der Waals surface area contributed by atoms with Crippen molar-refractivity contribution >= 4 is 21.9 Å². The molecule has 0 spiro atoms. The van der Waals surface area contributed by atoms with Crippen molar-refractivity contribution in [2.45, 2.75) is 12.8 Å². The quantitative estimate of drug-likeness (QED) is 0.510. The van der Waals surface area contributed by atoms with Crippen LogP contribution in [0.1, 0.15) is 18.4 Å². The highest BCUT2D eigenvalue weighted by molar-refractivity contribution is 6.01. The van der Waals surface area contributed by atoms with Gasteiger partial charge in [0.25, 0.3) is 0 Å². The molecule has 0 bridgehead atoms. The highest BCUT2D eigenvalue weighted by atomic mass is 16.5. The number of fused-ring (bicyclic) bond motifs is 2. The van der Waals surface area contributed by atoms with Crippen LogP contribution in [0.25, 0.3) is 21.9 Å². The number of hydrogen-bond acceptors (Lipinski definition) is 4. The molecule has 0 aliphatic rings. The molecule has 1 atom stereocenters. The van der Waals surface area contributed by atoms with Gasteiger partial charge in [0.2, 0.25) is 0 Å². The average molecular weight is 320 g/mol. The number of benzene rings is 2. The summed E-state index contributed by atoms with van der Waals surface area (Å²) >= 11 is 0. The van der Waals surface area contributed by atoms with E-state index in [1.54, 1.807) is 18.4 Å². The second kappa shape index (κ2) is 5.89. The van der Waals surface area contributed by atoms with Crippen LogP contribution in [-0.4, -0.2) is 6.61 Å².